The second-order valence-corrected chi connectivity index (χ2v) is 7.44. The number of hydrogen-bond acceptors (Lipinski definition) is 5. The first-order valence-electron chi connectivity index (χ1n) is 8.29. The van der Waals surface area contributed by atoms with E-state index in [-0.39, 0.29) is 17.1 Å². The zero-order chi connectivity index (χ0) is 16.9. The number of morpholine rings is 1. The highest BCUT2D eigenvalue weighted by Gasteiger charge is 2.23. The Morgan fingerprint density at radius 1 is 1.42 bits per heavy atom. The fourth-order valence-electron chi connectivity index (χ4n) is 2.79. The molecule has 0 aliphatic carbocycles. The molecule has 1 aromatic rings. The Balaban J connectivity index is 1.48. The average Bonchev–Trinajstić information content (AvgIpc) is 2.57. The van der Waals surface area contributed by atoms with Crippen LogP contribution in [-0.2, 0) is 20.7 Å². The van der Waals surface area contributed by atoms with E-state index in [1.807, 2.05) is 25.1 Å². The summed E-state index contributed by atoms with van der Waals surface area (Å²) in [5.74, 6) is 0.0194. The van der Waals surface area contributed by atoms with Gasteiger partial charge in [-0.3, -0.25) is 14.5 Å². The monoisotopic (exact) mass is 349 g/mol. The molecule has 2 aliphatic rings. The van der Waals surface area contributed by atoms with Gasteiger partial charge in [-0.2, -0.15) is 0 Å². The maximum atomic E-state index is 12.1. The molecule has 1 fully saturated rings. The Labute approximate surface area is 146 Å². The van der Waals surface area contributed by atoms with Gasteiger partial charge < -0.3 is 15.4 Å². The molecule has 0 aromatic heterocycles. The van der Waals surface area contributed by atoms with Crippen molar-refractivity contribution in [3.8, 4) is 0 Å². The van der Waals surface area contributed by atoms with Gasteiger partial charge in [0.2, 0.25) is 11.8 Å². The molecule has 24 heavy (non-hydrogen) atoms. The zero-order valence-electron chi connectivity index (χ0n) is 13.8. The Morgan fingerprint density at radius 3 is 3.00 bits per heavy atom. The van der Waals surface area contributed by atoms with E-state index in [2.05, 4.69) is 15.5 Å². The van der Waals surface area contributed by atoms with E-state index in [1.165, 1.54) is 0 Å². The van der Waals surface area contributed by atoms with Gasteiger partial charge in [0, 0.05) is 31.1 Å². The van der Waals surface area contributed by atoms with Gasteiger partial charge in [-0.15, -0.1) is 11.8 Å². The lowest BCUT2D eigenvalue weighted by Crippen LogP contribution is -2.41. The molecule has 2 N–H and O–H groups in total. The summed E-state index contributed by atoms with van der Waals surface area (Å²) in [7, 11) is 0. The summed E-state index contributed by atoms with van der Waals surface area (Å²) in [4.78, 5) is 27.2. The molecule has 0 radical (unpaired) electrons. The van der Waals surface area contributed by atoms with E-state index in [9.17, 15) is 9.59 Å². The number of nitrogens with zero attached hydrogens (tertiary/aromatic N) is 1. The van der Waals surface area contributed by atoms with Gasteiger partial charge in [0.1, 0.15) is 0 Å². The van der Waals surface area contributed by atoms with Crippen LogP contribution in [0.25, 0.3) is 0 Å². The standard InChI is InChI=1S/C17H23N3O3S/c1-12-17(22)19-14-10-13(2-3-15(14)24-12)11-16(21)18-4-5-20-6-8-23-9-7-20/h2-3,10,12H,4-9,11H2,1H3,(H,18,21)(H,19,22). The van der Waals surface area contributed by atoms with Crippen molar-refractivity contribution < 1.29 is 14.3 Å². The molecule has 6 nitrogen and oxygen atoms in total. The van der Waals surface area contributed by atoms with Crippen LogP contribution in [0.3, 0.4) is 0 Å². The predicted octanol–water partition coefficient (Wildman–Crippen LogP) is 1.11. The Bertz CT molecular complexity index is 617. The summed E-state index contributed by atoms with van der Waals surface area (Å²) in [5.41, 5.74) is 1.72. The number of thioether (sulfide) groups is 1. The maximum absolute atomic E-state index is 12.1. The van der Waals surface area contributed by atoms with Crippen molar-refractivity contribution >= 4 is 29.3 Å². The molecule has 1 unspecified atom stereocenters. The van der Waals surface area contributed by atoms with Gasteiger partial charge in [-0.25, -0.2) is 0 Å². The van der Waals surface area contributed by atoms with Crippen LogP contribution in [0.1, 0.15) is 12.5 Å². The minimum Gasteiger partial charge on any atom is -0.379 e. The molecule has 1 atom stereocenters. The van der Waals surface area contributed by atoms with E-state index in [0.29, 0.717) is 13.0 Å². The van der Waals surface area contributed by atoms with Crippen LogP contribution in [0.4, 0.5) is 5.69 Å². The van der Waals surface area contributed by atoms with Gasteiger partial charge >= 0.3 is 0 Å². The summed E-state index contributed by atoms with van der Waals surface area (Å²) < 4.78 is 5.31. The van der Waals surface area contributed by atoms with Crippen molar-refractivity contribution in [2.24, 2.45) is 0 Å². The summed E-state index contributed by atoms with van der Waals surface area (Å²) in [6, 6.07) is 5.83. The third-order valence-corrected chi connectivity index (χ3v) is 5.37. The predicted molar refractivity (Wildman–Crippen MR) is 94.4 cm³/mol. The van der Waals surface area contributed by atoms with Crippen molar-refractivity contribution in [2.75, 3.05) is 44.7 Å². The highest BCUT2D eigenvalue weighted by atomic mass is 32.2. The SMILES string of the molecule is CC1Sc2ccc(CC(=O)NCCN3CCOCC3)cc2NC1=O. The van der Waals surface area contributed by atoms with E-state index >= 15 is 0 Å². The number of anilines is 1. The summed E-state index contributed by atoms with van der Waals surface area (Å²) in [6.07, 6.45) is 0.326. The fraction of sp³-hybridized carbons (Fsp3) is 0.529. The number of ether oxygens (including phenoxy) is 1. The number of hydrogen-bond donors (Lipinski definition) is 2. The van der Waals surface area contributed by atoms with Gasteiger partial charge in [0.05, 0.1) is 30.6 Å². The Kier molecular flexibility index (Phi) is 5.76. The first kappa shape index (κ1) is 17.3. The van der Waals surface area contributed by atoms with Crippen LogP contribution >= 0.6 is 11.8 Å². The molecule has 2 aliphatic heterocycles. The van der Waals surface area contributed by atoms with Crippen molar-refractivity contribution in [1.82, 2.24) is 10.2 Å². The highest BCUT2D eigenvalue weighted by molar-refractivity contribution is 8.00. The van der Waals surface area contributed by atoms with Crippen LogP contribution in [0.5, 0.6) is 0 Å². The minimum absolute atomic E-state index is 0.00589. The Morgan fingerprint density at radius 2 is 2.21 bits per heavy atom. The second kappa shape index (κ2) is 8.00. The number of amides is 2. The zero-order valence-corrected chi connectivity index (χ0v) is 14.7. The maximum Gasteiger partial charge on any atom is 0.237 e. The third-order valence-electron chi connectivity index (χ3n) is 4.19. The third kappa shape index (κ3) is 4.49. The van der Waals surface area contributed by atoms with Crippen molar-refractivity contribution in [2.45, 2.75) is 23.5 Å². The van der Waals surface area contributed by atoms with Crippen LogP contribution < -0.4 is 10.6 Å². The second-order valence-electron chi connectivity index (χ2n) is 6.06. The molecular formula is C17H23N3O3S. The number of nitrogens with one attached hydrogen (secondary N) is 2. The molecule has 1 saturated heterocycles. The molecule has 2 amide bonds. The van der Waals surface area contributed by atoms with Crippen molar-refractivity contribution in [3.05, 3.63) is 23.8 Å². The van der Waals surface area contributed by atoms with E-state index < -0.39 is 0 Å². The van der Waals surface area contributed by atoms with Crippen molar-refractivity contribution in [3.63, 3.8) is 0 Å². The quantitative estimate of drug-likeness (QED) is 0.833. The van der Waals surface area contributed by atoms with Gasteiger partial charge in [0.15, 0.2) is 0 Å². The van der Waals surface area contributed by atoms with E-state index in [1.54, 1.807) is 11.8 Å². The number of carbonyl (C=O) groups excluding carboxylic acids is 2. The van der Waals surface area contributed by atoms with Gasteiger partial charge in [-0.05, 0) is 24.6 Å². The van der Waals surface area contributed by atoms with E-state index in [4.69, 9.17) is 4.74 Å². The fourth-order valence-corrected chi connectivity index (χ4v) is 3.72. The topological polar surface area (TPSA) is 70.7 Å². The molecule has 3 rings (SSSR count). The van der Waals surface area contributed by atoms with Crippen LogP contribution in [-0.4, -0.2) is 61.4 Å². The minimum atomic E-state index is -0.0770. The first-order valence-corrected chi connectivity index (χ1v) is 9.17. The molecular weight excluding hydrogens is 326 g/mol. The molecule has 0 bridgehead atoms. The molecule has 1 aromatic carbocycles. The average molecular weight is 349 g/mol. The smallest absolute Gasteiger partial charge is 0.237 e. The molecule has 0 spiro atoms. The number of carbonyl (C=O) groups is 2. The lowest BCUT2D eigenvalue weighted by atomic mass is 10.1. The summed E-state index contributed by atoms with van der Waals surface area (Å²) in [6.45, 7) is 6.78. The largest absolute Gasteiger partial charge is 0.379 e. The van der Waals surface area contributed by atoms with Crippen LogP contribution in [0.15, 0.2) is 23.1 Å². The lowest BCUT2D eigenvalue weighted by Gasteiger charge is -2.26. The molecule has 0 saturated carbocycles. The highest BCUT2D eigenvalue weighted by Crippen LogP contribution is 2.35. The van der Waals surface area contributed by atoms with Gasteiger partial charge in [0.25, 0.3) is 0 Å². The van der Waals surface area contributed by atoms with Crippen LogP contribution in [0, 0.1) is 0 Å². The lowest BCUT2D eigenvalue weighted by molar-refractivity contribution is -0.120. The summed E-state index contributed by atoms with van der Waals surface area (Å²) in [5, 5.41) is 5.78. The molecule has 7 heteroatoms. The normalized spacial score (nSPS) is 21.0. The first-order chi connectivity index (χ1) is 11.6. The van der Waals surface area contributed by atoms with Gasteiger partial charge in [-0.1, -0.05) is 6.07 Å². The summed E-state index contributed by atoms with van der Waals surface area (Å²) >= 11 is 1.55. The van der Waals surface area contributed by atoms with Crippen molar-refractivity contribution in [1.29, 1.82) is 0 Å². The Hall–Kier alpha value is -1.57. The number of benzene rings is 1. The number of fused-ring (bicyclic) bond motifs is 1. The number of rotatable bonds is 5. The van der Waals surface area contributed by atoms with Crippen LogP contribution in [0.2, 0.25) is 0 Å². The molecule has 130 valence electrons. The van der Waals surface area contributed by atoms with E-state index in [0.717, 1.165) is 49.0 Å². The molecule has 2 heterocycles.